The predicted octanol–water partition coefficient (Wildman–Crippen LogP) is 4.27. The first-order valence-electron chi connectivity index (χ1n) is 7.33. The molecule has 1 unspecified atom stereocenters. The molecule has 0 N–H and O–H groups in total. The zero-order chi connectivity index (χ0) is 14.4. The number of allylic oxidation sites excluding steroid dienone is 1. The van der Waals surface area contributed by atoms with Crippen molar-refractivity contribution in [3.63, 3.8) is 0 Å². The molecule has 0 aliphatic carbocycles. The molecule has 1 aromatic carbocycles. The lowest BCUT2D eigenvalue weighted by Crippen LogP contribution is -2.07. The highest BCUT2D eigenvalue weighted by Gasteiger charge is 2.12. The molecule has 20 heavy (non-hydrogen) atoms. The van der Waals surface area contributed by atoms with E-state index in [0.717, 1.165) is 36.5 Å². The highest BCUT2D eigenvalue weighted by molar-refractivity contribution is 5.56. The summed E-state index contributed by atoms with van der Waals surface area (Å²) in [4.78, 5) is 0. The van der Waals surface area contributed by atoms with Crippen molar-refractivity contribution in [3.05, 3.63) is 29.8 Å². The monoisotopic (exact) mass is 276 g/mol. The van der Waals surface area contributed by atoms with E-state index >= 15 is 0 Å². The van der Waals surface area contributed by atoms with Gasteiger partial charge in [0.2, 0.25) is 6.79 Å². The van der Waals surface area contributed by atoms with Crippen LogP contribution >= 0.6 is 0 Å². The zero-order valence-corrected chi connectivity index (χ0v) is 12.6. The molecule has 0 radical (unpaired) electrons. The van der Waals surface area contributed by atoms with Gasteiger partial charge in [-0.15, -0.1) is 0 Å². The number of rotatable bonds is 7. The summed E-state index contributed by atoms with van der Waals surface area (Å²) in [5, 5.41) is 0. The van der Waals surface area contributed by atoms with Gasteiger partial charge in [0, 0.05) is 6.61 Å². The van der Waals surface area contributed by atoms with Gasteiger partial charge in [0.1, 0.15) is 0 Å². The van der Waals surface area contributed by atoms with E-state index in [-0.39, 0.29) is 0 Å². The Labute approximate surface area is 121 Å². The number of hydrogen-bond acceptors (Lipinski definition) is 3. The summed E-state index contributed by atoms with van der Waals surface area (Å²) < 4.78 is 16.2. The number of ether oxygens (including phenoxy) is 3. The van der Waals surface area contributed by atoms with Gasteiger partial charge in [-0.25, -0.2) is 0 Å². The topological polar surface area (TPSA) is 27.7 Å². The molecule has 1 aromatic rings. The van der Waals surface area contributed by atoms with E-state index in [1.54, 1.807) is 0 Å². The van der Waals surface area contributed by atoms with Crippen LogP contribution in [-0.2, 0) is 4.74 Å². The molecule has 2 rings (SSSR count). The van der Waals surface area contributed by atoms with Crippen molar-refractivity contribution in [2.45, 2.75) is 39.7 Å². The zero-order valence-electron chi connectivity index (χ0n) is 12.6. The minimum absolute atomic E-state index is 0.325. The third kappa shape index (κ3) is 4.57. The largest absolute Gasteiger partial charge is 0.454 e. The Hall–Kier alpha value is -1.48. The Kier molecular flexibility index (Phi) is 5.48. The minimum atomic E-state index is 0.325. The summed E-state index contributed by atoms with van der Waals surface area (Å²) >= 11 is 0. The second kappa shape index (κ2) is 7.34. The Bertz CT molecular complexity index is 452. The Morgan fingerprint density at radius 2 is 2.00 bits per heavy atom. The smallest absolute Gasteiger partial charge is 0.231 e. The van der Waals surface area contributed by atoms with Crippen molar-refractivity contribution in [2.24, 2.45) is 5.92 Å². The Morgan fingerprint density at radius 3 is 2.80 bits per heavy atom. The molecular formula is C17H24O3. The first-order chi connectivity index (χ1) is 9.65. The van der Waals surface area contributed by atoms with E-state index < -0.39 is 0 Å². The van der Waals surface area contributed by atoms with Crippen LogP contribution in [0.15, 0.2) is 24.3 Å². The molecule has 3 nitrogen and oxygen atoms in total. The number of hydrogen-bond donors (Lipinski definition) is 0. The summed E-state index contributed by atoms with van der Waals surface area (Å²) in [6, 6.07) is 6.03. The number of benzene rings is 1. The van der Waals surface area contributed by atoms with Crippen LogP contribution in [0.3, 0.4) is 0 Å². The standard InChI is InChI=1S/C17H24O3/c1-13(2)18-10-9-14(3)5-4-6-15-7-8-16-17(11-15)20-12-19-16/h4,6-8,11,13-14H,5,9-10,12H2,1-3H3. The lowest BCUT2D eigenvalue weighted by Gasteiger charge is -2.11. The minimum Gasteiger partial charge on any atom is -0.454 e. The fourth-order valence-corrected chi connectivity index (χ4v) is 2.08. The summed E-state index contributed by atoms with van der Waals surface area (Å²) in [6.07, 6.45) is 6.85. The molecule has 0 bridgehead atoms. The first-order valence-corrected chi connectivity index (χ1v) is 7.33. The van der Waals surface area contributed by atoms with E-state index in [1.165, 1.54) is 0 Å². The maximum absolute atomic E-state index is 5.57. The van der Waals surface area contributed by atoms with Crippen molar-refractivity contribution in [2.75, 3.05) is 13.4 Å². The lowest BCUT2D eigenvalue weighted by molar-refractivity contribution is 0.0699. The maximum atomic E-state index is 5.57. The van der Waals surface area contributed by atoms with Gasteiger partial charge in [-0.05, 0) is 50.3 Å². The van der Waals surface area contributed by atoms with Crippen LogP contribution in [0, 0.1) is 5.92 Å². The molecule has 1 aliphatic rings. The fourth-order valence-electron chi connectivity index (χ4n) is 2.08. The van der Waals surface area contributed by atoms with Crippen LogP contribution < -0.4 is 9.47 Å². The van der Waals surface area contributed by atoms with Gasteiger partial charge in [-0.3, -0.25) is 0 Å². The predicted molar refractivity (Wildman–Crippen MR) is 81.1 cm³/mol. The van der Waals surface area contributed by atoms with Crippen LogP contribution in [0.1, 0.15) is 39.2 Å². The highest BCUT2D eigenvalue weighted by Crippen LogP contribution is 2.32. The highest BCUT2D eigenvalue weighted by atomic mass is 16.7. The average molecular weight is 276 g/mol. The second-order valence-corrected chi connectivity index (χ2v) is 5.56. The van der Waals surface area contributed by atoms with Crippen molar-refractivity contribution < 1.29 is 14.2 Å². The molecule has 0 saturated heterocycles. The molecule has 1 aliphatic heterocycles. The molecule has 1 atom stereocenters. The van der Waals surface area contributed by atoms with Crippen LogP contribution in [0.2, 0.25) is 0 Å². The quantitative estimate of drug-likeness (QED) is 0.744. The maximum Gasteiger partial charge on any atom is 0.231 e. The van der Waals surface area contributed by atoms with Crippen LogP contribution in [-0.4, -0.2) is 19.5 Å². The molecular weight excluding hydrogens is 252 g/mol. The van der Waals surface area contributed by atoms with Crippen molar-refractivity contribution >= 4 is 6.08 Å². The normalized spacial score (nSPS) is 15.2. The van der Waals surface area contributed by atoms with E-state index in [1.807, 2.05) is 12.1 Å². The molecule has 0 aromatic heterocycles. The second-order valence-electron chi connectivity index (χ2n) is 5.56. The van der Waals surface area contributed by atoms with Crippen molar-refractivity contribution in [1.29, 1.82) is 0 Å². The molecule has 0 saturated carbocycles. The van der Waals surface area contributed by atoms with Gasteiger partial charge in [0.15, 0.2) is 11.5 Å². The summed E-state index contributed by atoms with van der Waals surface area (Å²) in [6.45, 7) is 7.58. The lowest BCUT2D eigenvalue weighted by atomic mass is 10.0. The molecule has 0 spiro atoms. The van der Waals surface area contributed by atoms with E-state index in [4.69, 9.17) is 14.2 Å². The van der Waals surface area contributed by atoms with Crippen LogP contribution in [0.25, 0.3) is 6.08 Å². The molecule has 0 fully saturated rings. The first kappa shape index (κ1) is 14.9. The Morgan fingerprint density at radius 1 is 1.20 bits per heavy atom. The van der Waals surface area contributed by atoms with Gasteiger partial charge >= 0.3 is 0 Å². The van der Waals surface area contributed by atoms with Gasteiger partial charge in [0.05, 0.1) is 6.10 Å². The third-order valence-corrected chi connectivity index (χ3v) is 3.31. The SMILES string of the molecule is CC(CC=Cc1ccc2c(c1)OCO2)CCOC(C)C. The summed E-state index contributed by atoms with van der Waals surface area (Å²) in [7, 11) is 0. The van der Waals surface area contributed by atoms with E-state index in [0.29, 0.717) is 18.8 Å². The molecule has 3 heteroatoms. The van der Waals surface area contributed by atoms with E-state index in [2.05, 4.69) is 39.0 Å². The van der Waals surface area contributed by atoms with Crippen molar-refractivity contribution in [1.82, 2.24) is 0 Å². The number of fused-ring (bicyclic) bond motifs is 1. The van der Waals surface area contributed by atoms with Gasteiger partial charge < -0.3 is 14.2 Å². The Balaban J connectivity index is 1.75. The van der Waals surface area contributed by atoms with Crippen LogP contribution in [0.4, 0.5) is 0 Å². The molecule has 1 heterocycles. The summed E-state index contributed by atoms with van der Waals surface area (Å²) in [5.74, 6) is 2.31. The van der Waals surface area contributed by atoms with Crippen molar-refractivity contribution in [3.8, 4) is 11.5 Å². The van der Waals surface area contributed by atoms with Gasteiger partial charge in [-0.2, -0.15) is 0 Å². The third-order valence-electron chi connectivity index (χ3n) is 3.31. The van der Waals surface area contributed by atoms with Crippen LogP contribution in [0.5, 0.6) is 11.5 Å². The van der Waals surface area contributed by atoms with E-state index in [9.17, 15) is 0 Å². The summed E-state index contributed by atoms with van der Waals surface area (Å²) in [5.41, 5.74) is 1.15. The fraction of sp³-hybridized carbons (Fsp3) is 0.529. The average Bonchev–Trinajstić information content (AvgIpc) is 2.85. The van der Waals surface area contributed by atoms with Gasteiger partial charge in [-0.1, -0.05) is 25.1 Å². The molecule has 0 amide bonds. The van der Waals surface area contributed by atoms with Gasteiger partial charge in [0.25, 0.3) is 0 Å². The molecule has 110 valence electrons.